The molecule has 0 saturated carbocycles. The molecule has 0 saturated heterocycles. The molecular weight excluding hydrogens is 188 g/mol. The van der Waals surface area contributed by atoms with E-state index in [0.29, 0.717) is 0 Å². The molecule has 0 bridgehead atoms. The van der Waals surface area contributed by atoms with Gasteiger partial charge in [-0.15, -0.1) is 0 Å². The summed E-state index contributed by atoms with van der Waals surface area (Å²) in [6.45, 7) is 10.0. The highest BCUT2D eigenvalue weighted by Crippen LogP contribution is 2.10. The Morgan fingerprint density at radius 3 is 2.20 bits per heavy atom. The summed E-state index contributed by atoms with van der Waals surface area (Å²) < 4.78 is 0. The molecule has 0 aromatic heterocycles. The second kappa shape index (κ2) is 9.13. The van der Waals surface area contributed by atoms with Gasteiger partial charge in [-0.2, -0.15) is 0 Å². The van der Waals surface area contributed by atoms with Crippen LogP contribution >= 0.6 is 0 Å². The third-order valence-electron chi connectivity index (χ3n) is 3.17. The fraction of sp³-hybridized carbons (Fsp3) is 1.00. The first-order chi connectivity index (χ1) is 7.17. The fourth-order valence-electron chi connectivity index (χ4n) is 1.73. The van der Waals surface area contributed by atoms with Gasteiger partial charge in [0.1, 0.15) is 0 Å². The van der Waals surface area contributed by atoms with E-state index in [4.69, 9.17) is 10.8 Å². The quantitative estimate of drug-likeness (QED) is 0.613. The van der Waals surface area contributed by atoms with E-state index in [1.54, 1.807) is 0 Å². The van der Waals surface area contributed by atoms with Crippen molar-refractivity contribution < 1.29 is 5.11 Å². The molecule has 92 valence electrons. The number of aliphatic hydroxyl groups is 1. The molecule has 3 heteroatoms. The minimum atomic E-state index is -0.0549. The van der Waals surface area contributed by atoms with E-state index in [0.717, 1.165) is 25.4 Å². The maximum Gasteiger partial charge on any atom is 0.0583 e. The van der Waals surface area contributed by atoms with Gasteiger partial charge in [-0.3, -0.25) is 0 Å². The van der Waals surface area contributed by atoms with Crippen LogP contribution in [0.2, 0.25) is 0 Å². The number of hydrogen-bond acceptors (Lipinski definition) is 3. The number of hydrogen-bond donors (Lipinski definition) is 2. The standard InChI is InChI=1S/C12H28N2O/c1-4-11(5-2)9-14(6-3)8-7-12(13)10-15/h11-12,15H,4-10,13H2,1-3H3. The zero-order chi connectivity index (χ0) is 11.7. The predicted molar refractivity (Wildman–Crippen MR) is 65.9 cm³/mol. The topological polar surface area (TPSA) is 49.5 Å². The van der Waals surface area contributed by atoms with Gasteiger partial charge in [-0.25, -0.2) is 0 Å². The molecule has 0 radical (unpaired) electrons. The molecule has 1 unspecified atom stereocenters. The second-order valence-corrected chi connectivity index (χ2v) is 4.31. The van der Waals surface area contributed by atoms with E-state index in [1.807, 2.05) is 0 Å². The number of nitrogens with two attached hydrogens (primary N) is 1. The van der Waals surface area contributed by atoms with Crippen molar-refractivity contribution in [3.63, 3.8) is 0 Å². The Morgan fingerprint density at radius 2 is 1.80 bits per heavy atom. The van der Waals surface area contributed by atoms with Crippen molar-refractivity contribution in [2.75, 3.05) is 26.2 Å². The smallest absolute Gasteiger partial charge is 0.0583 e. The molecule has 0 rings (SSSR count). The van der Waals surface area contributed by atoms with Crippen molar-refractivity contribution in [3.8, 4) is 0 Å². The summed E-state index contributed by atoms with van der Waals surface area (Å²) in [7, 11) is 0. The lowest BCUT2D eigenvalue weighted by Crippen LogP contribution is -2.35. The van der Waals surface area contributed by atoms with Crippen LogP contribution in [0.1, 0.15) is 40.0 Å². The van der Waals surface area contributed by atoms with Gasteiger partial charge in [0.25, 0.3) is 0 Å². The first-order valence-electron chi connectivity index (χ1n) is 6.26. The first-order valence-corrected chi connectivity index (χ1v) is 6.26. The van der Waals surface area contributed by atoms with E-state index in [1.165, 1.54) is 19.4 Å². The molecule has 0 spiro atoms. The van der Waals surface area contributed by atoms with Crippen molar-refractivity contribution in [2.45, 2.75) is 46.1 Å². The lowest BCUT2D eigenvalue weighted by Gasteiger charge is -2.26. The largest absolute Gasteiger partial charge is 0.395 e. The first kappa shape index (κ1) is 14.9. The number of rotatable bonds is 9. The highest BCUT2D eigenvalue weighted by Gasteiger charge is 2.10. The molecule has 0 aromatic carbocycles. The molecule has 0 aliphatic heterocycles. The molecule has 1 atom stereocenters. The Morgan fingerprint density at radius 1 is 1.20 bits per heavy atom. The van der Waals surface area contributed by atoms with Crippen molar-refractivity contribution in [1.82, 2.24) is 4.90 Å². The monoisotopic (exact) mass is 216 g/mol. The summed E-state index contributed by atoms with van der Waals surface area (Å²) in [6, 6.07) is -0.0549. The molecule has 3 N–H and O–H groups in total. The maximum atomic E-state index is 8.85. The Labute approximate surface area is 94.6 Å². The zero-order valence-electron chi connectivity index (χ0n) is 10.6. The molecule has 0 amide bonds. The minimum absolute atomic E-state index is 0.0549. The summed E-state index contributed by atoms with van der Waals surface area (Å²) in [4.78, 5) is 2.44. The summed E-state index contributed by atoms with van der Waals surface area (Å²) in [5.74, 6) is 0.801. The number of aliphatic hydroxyl groups excluding tert-OH is 1. The summed E-state index contributed by atoms with van der Waals surface area (Å²) in [5, 5.41) is 8.85. The SMILES string of the molecule is CCC(CC)CN(CC)CCC(N)CO. The van der Waals surface area contributed by atoms with Gasteiger partial charge in [0.05, 0.1) is 6.61 Å². The highest BCUT2D eigenvalue weighted by atomic mass is 16.3. The van der Waals surface area contributed by atoms with Crippen LogP contribution in [0.5, 0.6) is 0 Å². The molecule has 3 nitrogen and oxygen atoms in total. The van der Waals surface area contributed by atoms with Gasteiger partial charge in [-0.1, -0.05) is 33.6 Å². The molecule has 15 heavy (non-hydrogen) atoms. The normalized spacial score (nSPS) is 13.8. The van der Waals surface area contributed by atoms with Crippen molar-refractivity contribution in [2.24, 2.45) is 11.7 Å². The maximum absolute atomic E-state index is 8.85. The van der Waals surface area contributed by atoms with Gasteiger partial charge in [0, 0.05) is 12.6 Å². The summed E-state index contributed by atoms with van der Waals surface area (Å²) >= 11 is 0. The summed E-state index contributed by atoms with van der Waals surface area (Å²) in [6.07, 6.45) is 3.39. The van der Waals surface area contributed by atoms with E-state index in [-0.39, 0.29) is 12.6 Å². The van der Waals surface area contributed by atoms with Crippen LogP contribution in [0.3, 0.4) is 0 Å². The average Bonchev–Trinajstić information content (AvgIpc) is 2.29. The van der Waals surface area contributed by atoms with Gasteiger partial charge < -0.3 is 15.7 Å². The average molecular weight is 216 g/mol. The minimum Gasteiger partial charge on any atom is -0.395 e. The van der Waals surface area contributed by atoms with Crippen LogP contribution < -0.4 is 5.73 Å². The van der Waals surface area contributed by atoms with Gasteiger partial charge in [0.2, 0.25) is 0 Å². The van der Waals surface area contributed by atoms with Crippen LogP contribution in [-0.2, 0) is 0 Å². The second-order valence-electron chi connectivity index (χ2n) is 4.31. The van der Waals surface area contributed by atoms with Gasteiger partial charge >= 0.3 is 0 Å². The lowest BCUT2D eigenvalue weighted by molar-refractivity contribution is 0.205. The molecule has 0 heterocycles. The zero-order valence-corrected chi connectivity index (χ0v) is 10.6. The Bertz CT molecular complexity index is 138. The van der Waals surface area contributed by atoms with Crippen molar-refractivity contribution in [3.05, 3.63) is 0 Å². The van der Waals surface area contributed by atoms with Crippen molar-refractivity contribution >= 4 is 0 Å². The third kappa shape index (κ3) is 6.88. The van der Waals surface area contributed by atoms with E-state index < -0.39 is 0 Å². The van der Waals surface area contributed by atoms with Crippen LogP contribution in [0.15, 0.2) is 0 Å². The Balaban J connectivity index is 3.80. The van der Waals surface area contributed by atoms with Gasteiger partial charge in [0.15, 0.2) is 0 Å². The van der Waals surface area contributed by atoms with E-state index in [9.17, 15) is 0 Å². The van der Waals surface area contributed by atoms with Crippen LogP contribution in [0, 0.1) is 5.92 Å². The van der Waals surface area contributed by atoms with E-state index in [2.05, 4.69) is 25.7 Å². The Hall–Kier alpha value is -0.120. The van der Waals surface area contributed by atoms with Crippen LogP contribution in [0.4, 0.5) is 0 Å². The molecular formula is C12H28N2O. The molecule has 0 aliphatic carbocycles. The number of nitrogens with zero attached hydrogens (tertiary/aromatic N) is 1. The molecule has 0 aromatic rings. The highest BCUT2D eigenvalue weighted by molar-refractivity contribution is 4.67. The predicted octanol–water partition coefficient (Wildman–Crippen LogP) is 1.45. The third-order valence-corrected chi connectivity index (χ3v) is 3.17. The Kier molecular flexibility index (Phi) is 9.06. The summed E-state index contributed by atoms with van der Waals surface area (Å²) in [5.41, 5.74) is 5.70. The van der Waals surface area contributed by atoms with Crippen molar-refractivity contribution in [1.29, 1.82) is 0 Å². The molecule has 0 fully saturated rings. The fourth-order valence-corrected chi connectivity index (χ4v) is 1.73. The lowest BCUT2D eigenvalue weighted by atomic mass is 10.0. The van der Waals surface area contributed by atoms with Crippen LogP contribution in [-0.4, -0.2) is 42.3 Å². The van der Waals surface area contributed by atoms with Gasteiger partial charge in [-0.05, 0) is 25.4 Å². The molecule has 0 aliphatic rings. The van der Waals surface area contributed by atoms with E-state index >= 15 is 0 Å². The van der Waals surface area contributed by atoms with Crippen LogP contribution in [0.25, 0.3) is 0 Å².